The topological polar surface area (TPSA) is 77.6 Å². The maximum Gasteiger partial charge on any atom is 0.237 e. The molecule has 0 saturated heterocycles. The van der Waals surface area contributed by atoms with E-state index in [1.54, 1.807) is 16.0 Å². The van der Waals surface area contributed by atoms with E-state index in [0.29, 0.717) is 6.04 Å². The highest BCUT2D eigenvalue weighted by molar-refractivity contribution is 8.00. The Morgan fingerprint density at radius 3 is 2.79 bits per heavy atom. The molecule has 1 fully saturated rings. The number of thiophene rings is 1. The molecular weight excluding hydrogens is 392 g/mol. The third kappa shape index (κ3) is 3.86. The number of amides is 1. The van der Waals surface area contributed by atoms with Crippen LogP contribution in [0.2, 0.25) is 0 Å². The summed E-state index contributed by atoms with van der Waals surface area (Å²) in [5.41, 5.74) is 2.56. The SMILES string of the molecule is Cc1nn(C)c(C)c1NC(=O)C(C)Sc1nnc(Cc2cccs2)n1C1CC1. The van der Waals surface area contributed by atoms with Gasteiger partial charge in [0, 0.05) is 24.4 Å². The summed E-state index contributed by atoms with van der Waals surface area (Å²) in [6.07, 6.45) is 3.09. The Balaban J connectivity index is 1.49. The second kappa shape index (κ2) is 7.71. The fourth-order valence-corrected chi connectivity index (χ4v) is 4.81. The highest BCUT2D eigenvalue weighted by Gasteiger charge is 2.31. The number of aryl methyl sites for hydroxylation is 2. The lowest BCUT2D eigenvalue weighted by Gasteiger charge is -2.13. The molecule has 7 nitrogen and oxygen atoms in total. The van der Waals surface area contributed by atoms with Crippen molar-refractivity contribution in [1.29, 1.82) is 0 Å². The summed E-state index contributed by atoms with van der Waals surface area (Å²) in [7, 11) is 1.88. The first-order chi connectivity index (χ1) is 13.4. The quantitative estimate of drug-likeness (QED) is 0.594. The van der Waals surface area contributed by atoms with Crippen molar-refractivity contribution in [2.24, 2.45) is 7.05 Å². The van der Waals surface area contributed by atoms with Crippen LogP contribution in [0.5, 0.6) is 0 Å². The lowest BCUT2D eigenvalue weighted by atomic mass is 10.3. The molecule has 1 unspecified atom stereocenters. The molecule has 0 radical (unpaired) electrons. The zero-order valence-corrected chi connectivity index (χ0v) is 18.1. The number of hydrogen-bond acceptors (Lipinski definition) is 6. The summed E-state index contributed by atoms with van der Waals surface area (Å²) >= 11 is 3.20. The molecular formula is C19H24N6OS2. The molecule has 1 aliphatic carbocycles. The maximum absolute atomic E-state index is 12.8. The largest absolute Gasteiger partial charge is 0.322 e. The second-order valence-electron chi connectivity index (χ2n) is 7.17. The molecule has 3 aromatic heterocycles. The van der Waals surface area contributed by atoms with Crippen molar-refractivity contribution in [2.45, 2.75) is 56.5 Å². The number of aromatic nitrogens is 5. The first kappa shape index (κ1) is 19.2. The standard InChI is InChI=1S/C19H24N6OS2/c1-11-17(12(2)24(4)23-11)20-18(26)13(3)28-19-22-21-16(25(19)14-7-8-14)10-15-6-5-9-27-15/h5-6,9,13-14H,7-8,10H2,1-4H3,(H,20,26). The van der Waals surface area contributed by atoms with E-state index in [2.05, 4.69) is 42.7 Å². The lowest BCUT2D eigenvalue weighted by Crippen LogP contribution is -2.23. The molecule has 28 heavy (non-hydrogen) atoms. The van der Waals surface area contributed by atoms with Gasteiger partial charge in [-0.1, -0.05) is 17.8 Å². The van der Waals surface area contributed by atoms with Crippen LogP contribution in [-0.4, -0.2) is 35.7 Å². The van der Waals surface area contributed by atoms with Crippen molar-refractivity contribution >= 4 is 34.7 Å². The Morgan fingerprint density at radius 2 is 2.18 bits per heavy atom. The number of carbonyl (C=O) groups is 1. The molecule has 1 aliphatic rings. The van der Waals surface area contributed by atoms with Crippen LogP contribution >= 0.6 is 23.1 Å². The summed E-state index contributed by atoms with van der Waals surface area (Å²) in [5.74, 6) is 0.938. The van der Waals surface area contributed by atoms with Gasteiger partial charge < -0.3 is 9.88 Å². The van der Waals surface area contributed by atoms with Crippen LogP contribution in [0.4, 0.5) is 5.69 Å². The van der Waals surface area contributed by atoms with E-state index in [1.165, 1.54) is 16.6 Å². The fourth-order valence-electron chi connectivity index (χ4n) is 3.17. The van der Waals surface area contributed by atoms with Gasteiger partial charge >= 0.3 is 0 Å². The van der Waals surface area contributed by atoms with Gasteiger partial charge in [-0.3, -0.25) is 9.48 Å². The molecule has 9 heteroatoms. The van der Waals surface area contributed by atoms with Crippen molar-refractivity contribution in [1.82, 2.24) is 24.5 Å². The van der Waals surface area contributed by atoms with Crippen LogP contribution in [-0.2, 0) is 18.3 Å². The zero-order valence-electron chi connectivity index (χ0n) is 16.5. The van der Waals surface area contributed by atoms with Gasteiger partial charge in [-0.2, -0.15) is 5.10 Å². The molecule has 4 rings (SSSR count). The van der Waals surface area contributed by atoms with Gasteiger partial charge in [0.15, 0.2) is 5.16 Å². The van der Waals surface area contributed by atoms with Crippen LogP contribution in [0.25, 0.3) is 0 Å². The predicted molar refractivity (Wildman–Crippen MR) is 112 cm³/mol. The average molecular weight is 417 g/mol. The summed E-state index contributed by atoms with van der Waals surface area (Å²) in [5, 5.41) is 18.9. The van der Waals surface area contributed by atoms with Crippen LogP contribution in [0.1, 0.15) is 47.9 Å². The average Bonchev–Trinajstić information content (AvgIpc) is 3.13. The predicted octanol–water partition coefficient (Wildman–Crippen LogP) is 3.73. The van der Waals surface area contributed by atoms with Crippen molar-refractivity contribution in [3.8, 4) is 0 Å². The molecule has 0 spiro atoms. The number of carbonyl (C=O) groups excluding carboxylic acids is 1. The normalized spacial score (nSPS) is 15.0. The van der Waals surface area contributed by atoms with Gasteiger partial charge in [0.1, 0.15) is 5.82 Å². The van der Waals surface area contributed by atoms with E-state index >= 15 is 0 Å². The monoisotopic (exact) mass is 416 g/mol. The van der Waals surface area contributed by atoms with Crippen molar-refractivity contribution in [3.63, 3.8) is 0 Å². The Bertz CT molecular complexity index is 987. The summed E-state index contributed by atoms with van der Waals surface area (Å²) in [4.78, 5) is 14.0. The van der Waals surface area contributed by atoms with Gasteiger partial charge in [-0.05, 0) is 45.1 Å². The van der Waals surface area contributed by atoms with E-state index in [-0.39, 0.29) is 11.2 Å². The first-order valence-electron chi connectivity index (χ1n) is 9.38. The molecule has 0 aromatic carbocycles. The molecule has 148 valence electrons. The van der Waals surface area contributed by atoms with E-state index in [4.69, 9.17) is 0 Å². The Morgan fingerprint density at radius 1 is 1.39 bits per heavy atom. The second-order valence-corrected chi connectivity index (χ2v) is 9.52. The van der Waals surface area contributed by atoms with E-state index in [1.807, 2.05) is 27.8 Å². The molecule has 1 saturated carbocycles. The molecule has 1 N–H and O–H groups in total. The lowest BCUT2D eigenvalue weighted by molar-refractivity contribution is -0.115. The number of nitrogens with one attached hydrogen (secondary N) is 1. The van der Waals surface area contributed by atoms with Crippen LogP contribution < -0.4 is 5.32 Å². The maximum atomic E-state index is 12.8. The Kier molecular flexibility index (Phi) is 5.29. The van der Waals surface area contributed by atoms with Crippen LogP contribution in [0, 0.1) is 13.8 Å². The van der Waals surface area contributed by atoms with Gasteiger partial charge in [0.05, 0.1) is 22.3 Å². The van der Waals surface area contributed by atoms with Crippen molar-refractivity contribution < 1.29 is 4.79 Å². The van der Waals surface area contributed by atoms with Gasteiger partial charge in [-0.15, -0.1) is 21.5 Å². The zero-order chi connectivity index (χ0) is 19.8. The number of nitrogens with zero attached hydrogens (tertiary/aromatic N) is 5. The third-order valence-corrected chi connectivity index (χ3v) is 6.90. The third-order valence-electron chi connectivity index (χ3n) is 4.97. The fraction of sp³-hybridized carbons (Fsp3) is 0.474. The number of anilines is 1. The number of thioether (sulfide) groups is 1. The first-order valence-corrected chi connectivity index (χ1v) is 11.1. The minimum absolute atomic E-state index is 0.0469. The summed E-state index contributed by atoms with van der Waals surface area (Å²) in [6.45, 7) is 5.76. The molecule has 0 bridgehead atoms. The van der Waals surface area contributed by atoms with E-state index in [9.17, 15) is 4.79 Å². The minimum atomic E-state index is -0.282. The van der Waals surface area contributed by atoms with Gasteiger partial charge in [0.25, 0.3) is 0 Å². The minimum Gasteiger partial charge on any atom is -0.322 e. The van der Waals surface area contributed by atoms with Crippen molar-refractivity contribution in [2.75, 3.05) is 5.32 Å². The summed E-state index contributed by atoms with van der Waals surface area (Å²) < 4.78 is 4.01. The molecule has 1 amide bonds. The number of hydrogen-bond donors (Lipinski definition) is 1. The van der Waals surface area contributed by atoms with Gasteiger partial charge in [-0.25, -0.2) is 0 Å². The molecule has 1 atom stereocenters. The Hall–Kier alpha value is -2.13. The highest BCUT2D eigenvalue weighted by Crippen LogP contribution is 2.40. The van der Waals surface area contributed by atoms with Crippen LogP contribution in [0.15, 0.2) is 22.7 Å². The van der Waals surface area contributed by atoms with Gasteiger partial charge in [0.2, 0.25) is 5.91 Å². The molecule has 3 heterocycles. The van der Waals surface area contributed by atoms with Crippen molar-refractivity contribution in [3.05, 3.63) is 39.6 Å². The number of rotatable bonds is 7. The Labute approximate surface area is 172 Å². The van der Waals surface area contributed by atoms with Crippen LogP contribution in [0.3, 0.4) is 0 Å². The molecule has 0 aliphatic heterocycles. The van der Waals surface area contributed by atoms with E-state index in [0.717, 1.165) is 47.3 Å². The summed E-state index contributed by atoms with van der Waals surface area (Å²) in [6, 6.07) is 4.64. The smallest absolute Gasteiger partial charge is 0.237 e. The highest BCUT2D eigenvalue weighted by atomic mass is 32.2. The van der Waals surface area contributed by atoms with E-state index < -0.39 is 0 Å². The molecule has 3 aromatic rings.